The third-order valence-electron chi connectivity index (χ3n) is 4.14. The predicted molar refractivity (Wildman–Crippen MR) is 82.6 cm³/mol. The molecular weight excluding hydrogens is 270 g/mol. The largest absolute Gasteiger partial charge is 0.487 e. The standard InChI is InChI=1S/C16H23NO2S/c1-2-17-16(12-7-9-18-10-8-12)14-11-20-15-6-4-3-5-13(15)19-14/h3-6,12,14,16-17H,2,7-11H2,1H3. The minimum Gasteiger partial charge on any atom is -0.487 e. The van der Waals surface area contributed by atoms with Gasteiger partial charge in [0.1, 0.15) is 11.9 Å². The molecule has 0 aromatic heterocycles. The van der Waals surface area contributed by atoms with Gasteiger partial charge in [-0.25, -0.2) is 0 Å². The third kappa shape index (κ3) is 3.13. The van der Waals surface area contributed by atoms with Crippen molar-refractivity contribution in [3.05, 3.63) is 24.3 Å². The summed E-state index contributed by atoms with van der Waals surface area (Å²) in [4.78, 5) is 1.27. The number of hydrogen-bond acceptors (Lipinski definition) is 4. The first-order valence-electron chi connectivity index (χ1n) is 7.58. The molecule has 2 aliphatic heterocycles. The van der Waals surface area contributed by atoms with Crippen LogP contribution in [-0.4, -0.2) is 37.7 Å². The number of nitrogens with one attached hydrogen (secondary N) is 1. The summed E-state index contributed by atoms with van der Waals surface area (Å²) < 4.78 is 11.8. The minimum absolute atomic E-state index is 0.262. The lowest BCUT2D eigenvalue weighted by molar-refractivity contribution is 0.0318. The fourth-order valence-electron chi connectivity index (χ4n) is 3.13. The van der Waals surface area contributed by atoms with E-state index in [1.54, 1.807) is 0 Å². The summed E-state index contributed by atoms with van der Waals surface area (Å²) in [5, 5.41) is 3.66. The molecule has 0 bridgehead atoms. The first-order valence-corrected chi connectivity index (χ1v) is 8.56. The zero-order valence-electron chi connectivity index (χ0n) is 12.0. The number of hydrogen-bond donors (Lipinski definition) is 1. The average molecular weight is 293 g/mol. The second kappa shape index (κ2) is 6.83. The van der Waals surface area contributed by atoms with E-state index in [1.807, 2.05) is 11.8 Å². The van der Waals surface area contributed by atoms with Crippen LogP contribution in [0.15, 0.2) is 29.2 Å². The lowest BCUT2D eigenvalue weighted by atomic mass is 9.88. The molecule has 2 heterocycles. The summed E-state index contributed by atoms with van der Waals surface area (Å²) in [5.41, 5.74) is 0. The second-order valence-corrected chi connectivity index (χ2v) is 6.51. The van der Waals surface area contributed by atoms with Gasteiger partial charge in [-0.3, -0.25) is 0 Å². The Kier molecular flexibility index (Phi) is 4.86. The topological polar surface area (TPSA) is 30.5 Å². The molecule has 0 amide bonds. The molecule has 3 rings (SSSR count). The third-order valence-corrected chi connectivity index (χ3v) is 5.29. The van der Waals surface area contributed by atoms with Crippen molar-refractivity contribution < 1.29 is 9.47 Å². The molecular formula is C16H23NO2S. The maximum atomic E-state index is 6.28. The number of thioether (sulfide) groups is 1. The molecule has 0 saturated carbocycles. The summed E-state index contributed by atoms with van der Waals surface area (Å²) in [7, 11) is 0. The molecule has 20 heavy (non-hydrogen) atoms. The quantitative estimate of drug-likeness (QED) is 0.924. The number of para-hydroxylation sites is 1. The van der Waals surface area contributed by atoms with Crippen LogP contribution in [0.25, 0.3) is 0 Å². The second-order valence-electron chi connectivity index (χ2n) is 5.45. The number of rotatable bonds is 4. The smallest absolute Gasteiger partial charge is 0.133 e. The summed E-state index contributed by atoms with van der Waals surface area (Å²) in [6.45, 7) is 4.95. The SMILES string of the molecule is CCNC(C1CCOCC1)C1CSc2ccccc2O1. The summed E-state index contributed by atoms with van der Waals surface area (Å²) >= 11 is 1.92. The molecule has 1 fully saturated rings. The molecule has 2 unspecified atom stereocenters. The van der Waals surface area contributed by atoms with Crippen LogP contribution < -0.4 is 10.1 Å². The molecule has 2 atom stereocenters. The van der Waals surface area contributed by atoms with E-state index in [0.717, 1.165) is 44.1 Å². The molecule has 4 heteroatoms. The Labute approximate surface area is 125 Å². The predicted octanol–water partition coefficient (Wildman–Crippen LogP) is 2.94. The fourth-order valence-corrected chi connectivity index (χ4v) is 4.18. The van der Waals surface area contributed by atoms with Gasteiger partial charge in [0.15, 0.2) is 0 Å². The van der Waals surface area contributed by atoms with E-state index in [0.29, 0.717) is 12.0 Å². The normalized spacial score (nSPS) is 24.8. The van der Waals surface area contributed by atoms with E-state index in [1.165, 1.54) is 4.90 Å². The van der Waals surface area contributed by atoms with E-state index in [9.17, 15) is 0 Å². The summed E-state index contributed by atoms with van der Waals surface area (Å²) in [6.07, 6.45) is 2.55. The van der Waals surface area contributed by atoms with Gasteiger partial charge in [-0.05, 0) is 37.4 Å². The molecule has 1 saturated heterocycles. The van der Waals surface area contributed by atoms with Crippen molar-refractivity contribution in [3.63, 3.8) is 0 Å². The van der Waals surface area contributed by atoms with Gasteiger partial charge in [0, 0.05) is 29.9 Å². The van der Waals surface area contributed by atoms with Gasteiger partial charge >= 0.3 is 0 Å². The zero-order valence-corrected chi connectivity index (χ0v) is 12.8. The molecule has 1 aromatic carbocycles. The van der Waals surface area contributed by atoms with Crippen LogP contribution in [0.5, 0.6) is 5.75 Å². The van der Waals surface area contributed by atoms with Gasteiger partial charge in [0.25, 0.3) is 0 Å². The molecule has 0 spiro atoms. The van der Waals surface area contributed by atoms with Gasteiger partial charge in [-0.15, -0.1) is 11.8 Å². The first-order chi connectivity index (χ1) is 9.88. The van der Waals surface area contributed by atoms with E-state index < -0.39 is 0 Å². The molecule has 0 aliphatic carbocycles. The molecule has 1 N–H and O–H groups in total. The van der Waals surface area contributed by atoms with Crippen LogP contribution in [0, 0.1) is 5.92 Å². The first kappa shape index (κ1) is 14.2. The van der Waals surface area contributed by atoms with Crippen LogP contribution in [0.2, 0.25) is 0 Å². The highest BCUT2D eigenvalue weighted by Crippen LogP contribution is 2.37. The zero-order chi connectivity index (χ0) is 13.8. The Balaban J connectivity index is 1.72. The maximum absolute atomic E-state index is 6.28. The fraction of sp³-hybridized carbons (Fsp3) is 0.625. The van der Waals surface area contributed by atoms with Crippen molar-refractivity contribution >= 4 is 11.8 Å². The highest BCUT2D eigenvalue weighted by molar-refractivity contribution is 7.99. The van der Waals surface area contributed by atoms with Gasteiger partial charge in [0.2, 0.25) is 0 Å². The van der Waals surface area contributed by atoms with Crippen molar-refractivity contribution in [3.8, 4) is 5.75 Å². The van der Waals surface area contributed by atoms with Gasteiger partial charge in [-0.2, -0.15) is 0 Å². The lowest BCUT2D eigenvalue weighted by Crippen LogP contribution is -2.51. The number of benzene rings is 1. The van der Waals surface area contributed by atoms with Crippen molar-refractivity contribution in [1.29, 1.82) is 0 Å². The van der Waals surface area contributed by atoms with Crippen molar-refractivity contribution in [1.82, 2.24) is 5.32 Å². The van der Waals surface area contributed by atoms with Gasteiger partial charge < -0.3 is 14.8 Å². The maximum Gasteiger partial charge on any atom is 0.133 e. The van der Waals surface area contributed by atoms with Crippen LogP contribution in [0.1, 0.15) is 19.8 Å². The number of likely N-dealkylation sites (N-methyl/N-ethyl adjacent to an activating group) is 1. The number of fused-ring (bicyclic) bond motifs is 1. The minimum atomic E-state index is 0.262. The Morgan fingerprint density at radius 1 is 1.30 bits per heavy atom. The Morgan fingerprint density at radius 2 is 2.10 bits per heavy atom. The number of ether oxygens (including phenoxy) is 2. The Morgan fingerprint density at radius 3 is 2.90 bits per heavy atom. The van der Waals surface area contributed by atoms with Crippen LogP contribution in [0.3, 0.4) is 0 Å². The molecule has 2 aliphatic rings. The molecule has 1 aromatic rings. The average Bonchev–Trinajstić information content (AvgIpc) is 2.53. The molecule has 110 valence electrons. The Hall–Kier alpha value is -0.710. The van der Waals surface area contributed by atoms with Gasteiger partial charge in [-0.1, -0.05) is 19.1 Å². The highest BCUT2D eigenvalue weighted by atomic mass is 32.2. The van der Waals surface area contributed by atoms with E-state index in [2.05, 4.69) is 36.5 Å². The van der Waals surface area contributed by atoms with Crippen LogP contribution >= 0.6 is 11.8 Å². The van der Waals surface area contributed by atoms with E-state index in [4.69, 9.17) is 9.47 Å². The van der Waals surface area contributed by atoms with Crippen molar-refractivity contribution in [2.24, 2.45) is 5.92 Å². The molecule has 0 radical (unpaired) electrons. The summed E-state index contributed by atoms with van der Waals surface area (Å²) in [6, 6.07) is 8.80. The van der Waals surface area contributed by atoms with Crippen molar-refractivity contribution in [2.75, 3.05) is 25.5 Å². The Bertz CT molecular complexity index is 434. The lowest BCUT2D eigenvalue weighted by Gasteiger charge is -2.38. The van der Waals surface area contributed by atoms with E-state index >= 15 is 0 Å². The highest BCUT2D eigenvalue weighted by Gasteiger charge is 2.34. The van der Waals surface area contributed by atoms with Crippen LogP contribution in [-0.2, 0) is 4.74 Å². The van der Waals surface area contributed by atoms with Gasteiger partial charge in [0.05, 0.1) is 0 Å². The van der Waals surface area contributed by atoms with E-state index in [-0.39, 0.29) is 6.10 Å². The summed E-state index contributed by atoms with van der Waals surface area (Å²) in [5.74, 6) is 2.75. The molecule has 3 nitrogen and oxygen atoms in total. The monoisotopic (exact) mass is 293 g/mol. The van der Waals surface area contributed by atoms with Crippen LogP contribution in [0.4, 0.5) is 0 Å². The van der Waals surface area contributed by atoms with Crippen molar-refractivity contribution in [2.45, 2.75) is 36.8 Å².